The molecule has 2 aromatic carbocycles. The van der Waals surface area contributed by atoms with Crippen molar-refractivity contribution < 1.29 is 28.2 Å². The summed E-state index contributed by atoms with van der Waals surface area (Å²) in [6.07, 6.45) is 1.58. The average molecular weight is 529 g/mol. The molecule has 34 heavy (non-hydrogen) atoms. The van der Waals surface area contributed by atoms with Gasteiger partial charge in [0.05, 0.1) is 18.7 Å². The maximum Gasteiger partial charge on any atom is 0.268 e. The van der Waals surface area contributed by atoms with Gasteiger partial charge in [-0.25, -0.2) is 8.78 Å². The second kappa shape index (κ2) is 10.0. The lowest BCUT2D eigenvalue weighted by molar-refractivity contribution is -0.122. The van der Waals surface area contributed by atoms with Gasteiger partial charge in [0.2, 0.25) is 5.92 Å². The summed E-state index contributed by atoms with van der Waals surface area (Å²) in [7, 11) is 0. The lowest BCUT2D eigenvalue weighted by atomic mass is 9.87. The Kier molecular flexibility index (Phi) is 7.25. The fourth-order valence-electron chi connectivity index (χ4n) is 3.85. The van der Waals surface area contributed by atoms with Gasteiger partial charge in [-0.2, -0.15) is 0 Å². The van der Waals surface area contributed by atoms with Crippen LogP contribution in [-0.2, 0) is 9.59 Å². The third kappa shape index (κ3) is 5.76. The number of benzene rings is 2. The maximum atomic E-state index is 13.5. The van der Waals surface area contributed by atoms with Gasteiger partial charge < -0.3 is 9.84 Å². The van der Waals surface area contributed by atoms with Crippen LogP contribution in [-0.4, -0.2) is 29.5 Å². The van der Waals surface area contributed by atoms with Gasteiger partial charge in [-0.15, -0.1) is 0 Å². The number of halogens is 4. The lowest BCUT2D eigenvalue weighted by Crippen LogP contribution is -2.37. The smallest absolute Gasteiger partial charge is 0.268 e. The molecule has 2 aromatic rings. The highest BCUT2D eigenvalue weighted by Gasteiger charge is 2.35. The molecule has 0 unspecified atom stereocenters. The Morgan fingerprint density at radius 2 is 1.68 bits per heavy atom. The molecule has 0 atom stereocenters. The van der Waals surface area contributed by atoms with E-state index in [-0.39, 0.29) is 42.3 Å². The molecule has 2 amide bonds. The predicted octanol–water partition coefficient (Wildman–Crippen LogP) is 5.76. The van der Waals surface area contributed by atoms with E-state index in [1.165, 1.54) is 12.1 Å². The van der Waals surface area contributed by atoms with E-state index in [0.29, 0.717) is 39.8 Å². The molecular formula is C23H20Cl2F2N2O4S. The Balaban J connectivity index is 1.70. The Bertz CT molecular complexity index is 1130. The average Bonchev–Trinajstić information content (AvgIpc) is 2.76. The molecule has 1 saturated heterocycles. The monoisotopic (exact) mass is 528 g/mol. The second-order valence-corrected chi connectivity index (χ2v) is 9.68. The lowest BCUT2D eigenvalue weighted by Gasteiger charge is -2.28. The zero-order chi connectivity index (χ0) is 24.5. The third-order valence-electron chi connectivity index (χ3n) is 5.69. The van der Waals surface area contributed by atoms with Gasteiger partial charge in [-0.1, -0.05) is 23.2 Å². The zero-order valence-corrected chi connectivity index (χ0v) is 20.0. The normalized spacial score (nSPS) is 18.3. The Morgan fingerprint density at radius 1 is 1.06 bits per heavy atom. The van der Waals surface area contributed by atoms with Crippen molar-refractivity contribution in [3.63, 3.8) is 0 Å². The highest BCUT2D eigenvalue weighted by Crippen LogP contribution is 2.41. The fraction of sp³-hybridized carbons (Fsp3) is 0.304. The summed E-state index contributed by atoms with van der Waals surface area (Å²) in [6.45, 7) is 0.194. The minimum Gasteiger partial charge on any atom is -0.507 e. The third-order valence-corrected chi connectivity index (χ3v) is 6.70. The predicted molar refractivity (Wildman–Crippen MR) is 128 cm³/mol. The summed E-state index contributed by atoms with van der Waals surface area (Å²) in [4.78, 5) is 24.2. The number of carbonyl (C=O) groups is 2. The number of amides is 2. The Labute approximate surface area is 208 Å². The first kappa shape index (κ1) is 24.6. The van der Waals surface area contributed by atoms with Crippen LogP contribution in [0.4, 0.5) is 8.78 Å². The largest absolute Gasteiger partial charge is 0.507 e. The minimum absolute atomic E-state index is 0.0495. The van der Waals surface area contributed by atoms with Crippen LogP contribution >= 0.6 is 35.3 Å². The molecule has 0 spiro atoms. The van der Waals surface area contributed by atoms with Crippen molar-refractivity contribution in [2.24, 2.45) is 5.92 Å². The molecule has 3 N–H and O–H groups in total. The van der Waals surface area contributed by atoms with Crippen LogP contribution in [0.5, 0.6) is 11.5 Å². The van der Waals surface area contributed by atoms with Crippen molar-refractivity contribution in [1.82, 2.24) is 9.44 Å². The van der Waals surface area contributed by atoms with Crippen LogP contribution in [0.15, 0.2) is 35.9 Å². The van der Waals surface area contributed by atoms with Crippen molar-refractivity contribution in [2.75, 3.05) is 6.61 Å². The van der Waals surface area contributed by atoms with Crippen molar-refractivity contribution >= 4 is 53.2 Å². The number of phenolic OH excluding ortho intramolecular Hbond substituents is 1. The van der Waals surface area contributed by atoms with Crippen LogP contribution in [0.1, 0.15) is 31.2 Å². The van der Waals surface area contributed by atoms with E-state index in [1.807, 2.05) is 0 Å². The molecule has 11 heteroatoms. The van der Waals surface area contributed by atoms with Crippen LogP contribution in [0.3, 0.4) is 0 Å². The van der Waals surface area contributed by atoms with E-state index in [4.69, 9.17) is 27.9 Å². The quantitative estimate of drug-likeness (QED) is 0.260. The zero-order valence-electron chi connectivity index (χ0n) is 17.7. The first-order chi connectivity index (χ1) is 16.1. The van der Waals surface area contributed by atoms with E-state index in [1.54, 1.807) is 24.3 Å². The number of alkyl halides is 2. The molecule has 2 aliphatic rings. The fourth-order valence-corrected chi connectivity index (χ4v) is 4.83. The molecule has 6 nitrogen and oxygen atoms in total. The standard InChI is InChI=1S/C23H20Cl2F2N2O4S/c24-15-5-13(6-16(25)9-15)17-7-14(8-18-21(31)28-34-29-22(18)32)19(30)10-20(17)33-11-12-1-3-23(26,27)4-2-12/h5-10,12,30H,1-4,11H2,(H,28,31)(H,29,32). The van der Waals surface area contributed by atoms with Crippen LogP contribution in [0.2, 0.25) is 10.0 Å². The highest BCUT2D eigenvalue weighted by molar-refractivity contribution is 7.96. The van der Waals surface area contributed by atoms with Gasteiger partial charge in [0.1, 0.15) is 17.1 Å². The molecule has 4 rings (SSSR count). The maximum absolute atomic E-state index is 13.5. The van der Waals surface area contributed by atoms with E-state index in [2.05, 4.69) is 9.44 Å². The van der Waals surface area contributed by atoms with Gasteiger partial charge in [0.25, 0.3) is 11.8 Å². The minimum atomic E-state index is -2.64. The van der Waals surface area contributed by atoms with Crippen molar-refractivity contribution in [3.8, 4) is 22.6 Å². The number of hydrogen-bond acceptors (Lipinski definition) is 5. The van der Waals surface area contributed by atoms with Crippen LogP contribution in [0, 0.1) is 5.92 Å². The van der Waals surface area contributed by atoms with E-state index in [9.17, 15) is 23.5 Å². The summed E-state index contributed by atoms with van der Waals surface area (Å²) >= 11 is 13.1. The molecule has 1 saturated carbocycles. The summed E-state index contributed by atoms with van der Waals surface area (Å²) in [6, 6.07) is 7.79. The molecule has 0 bridgehead atoms. The summed E-state index contributed by atoms with van der Waals surface area (Å²) in [5.41, 5.74) is 1.10. The van der Waals surface area contributed by atoms with Gasteiger partial charge >= 0.3 is 0 Å². The highest BCUT2D eigenvalue weighted by atomic mass is 35.5. The molecule has 1 aliphatic heterocycles. The van der Waals surface area contributed by atoms with E-state index in [0.717, 1.165) is 12.1 Å². The first-order valence-corrected chi connectivity index (χ1v) is 12.0. The van der Waals surface area contributed by atoms with Gasteiger partial charge in [-0.05, 0) is 54.7 Å². The second-order valence-electron chi connectivity index (χ2n) is 8.20. The number of nitrogens with one attached hydrogen (secondary N) is 2. The Hall–Kier alpha value is -2.49. The molecule has 0 aromatic heterocycles. The molecule has 1 aliphatic carbocycles. The first-order valence-electron chi connectivity index (χ1n) is 10.4. The molecular weight excluding hydrogens is 509 g/mol. The topological polar surface area (TPSA) is 87.7 Å². The molecule has 2 fully saturated rings. The van der Waals surface area contributed by atoms with E-state index < -0.39 is 17.7 Å². The van der Waals surface area contributed by atoms with Crippen molar-refractivity contribution in [1.29, 1.82) is 0 Å². The Morgan fingerprint density at radius 3 is 2.29 bits per heavy atom. The van der Waals surface area contributed by atoms with Crippen molar-refractivity contribution in [3.05, 3.63) is 51.5 Å². The SMILES string of the molecule is O=C1NSNC(=O)C1=Cc1cc(-c2cc(Cl)cc(Cl)c2)c(OCC2CCC(F)(F)CC2)cc1O. The number of ether oxygens (including phenoxy) is 1. The van der Waals surface area contributed by atoms with Gasteiger partial charge in [0, 0.05) is 40.1 Å². The number of rotatable bonds is 5. The molecule has 180 valence electrons. The number of aromatic hydroxyl groups is 1. The summed E-state index contributed by atoms with van der Waals surface area (Å²) < 4.78 is 37.8. The summed E-state index contributed by atoms with van der Waals surface area (Å²) in [5.74, 6) is -3.82. The van der Waals surface area contributed by atoms with Crippen molar-refractivity contribution in [2.45, 2.75) is 31.6 Å². The van der Waals surface area contributed by atoms with Gasteiger partial charge in [-0.3, -0.25) is 19.0 Å². The summed E-state index contributed by atoms with van der Waals surface area (Å²) in [5, 5.41) is 11.4. The number of carbonyl (C=O) groups excluding carboxylic acids is 2. The number of hydrogen-bond donors (Lipinski definition) is 3. The number of phenols is 1. The molecule has 1 heterocycles. The van der Waals surface area contributed by atoms with Crippen LogP contribution < -0.4 is 14.2 Å². The van der Waals surface area contributed by atoms with E-state index >= 15 is 0 Å². The molecule has 0 radical (unpaired) electrons. The van der Waals surface area contributed by atoms with Gasteiger partial charge in [0.15, 0.2) is 0 Å². The van der Waals surface area contributed by atoms with Crippen LogP contribution in [0.25, 0.3) is 17.2 Å².